The van der Waals surface area contributed by atoms with Crippen LogP contribution in [0.2, 0.25) is 0 Å². The minimum absolute atomic E-state index is 0.845. The number of hydrogen-bond donors (Lipinski definition) is 0. The van der Waals surface area contributed by atoms with Crippen LogP contribution in [0.4, 0.5) is 0 Å². The second kappa shape index (κ2) is 5.40. The molecular weight excluding hydrogens is 284 g/mol. The van der Waals surface area contributed by atoms with Crippen molar-refractivity contribution in [3.63, 3.8) is 0 Å². The molecule has 23 heavy (non-hydrogen) atoms. The zero-order valence-electron chi connectivity index (χ0n) is 13.2. The first-order valence-corrected chi connectivity index (χ1v) is 7.65. The molecule has 0 spiro atoms. The van der Waals surface area contributed by atoms with Gasteiger partial charge in [0.1, 0.15) is 5.75 Å². The predicted molar refractivity (Wildman–Crippen MR) is 94.9 cm³/mol. The van der Waals surface area contributed by atoms with Gasteiger partial charge in [-0.1, -0.05) is 24.3 Å². The first-order chi connectivity index (χ1) is 11.2. The van der Waals surface area contributed by atoms with Gasteiger partial charge in [-0.15, -0.1) is 0 Å². The van der Waals surface area contributed by atoms with Gasteiger partial charge in [0.15, 0.2) is 0 Å². The topological polar surface area (TPSA) is 20.5 Å². The van der Waals surface area contributed by atoms with Gasteiger partial charge in [0, 0.05) is 5.39 Å². The Labute approximate surface area is 135 Å². The Hall–Kier alpha value is -2.87. The van der Waals surface area contributed by atoms with Gasteiger partial charge in [-0.05, 0) is 47.2 Å². The second-order valence-electron chi connectivity index (χ2n) is 5.68. The Kier molecular flexibility index (Phi) is 3.23. The van der Waals surface area contributed by atoms with Crippen molar-refractivity contribution in [2.75, 3.05) is 7.11 Å². The smallest absolute Gasteiger partial charge is 0.360 e. The molecule has 0 saturated heterocycles. The lowest BCUT2D eigenvalue weighted by molar-refractivity contribution is 0.415. The van der Waals surface area contributed by atoms with Crippen molar-refractivity contribution in [2.24, 2.45) is 0 Å². The van der Waals surface area contributed by atoms with Crippen LogP contribution in [0.5, 0.6) is 5.75 Å². The molecule has 2 nitrogen and oxygen atoms in total. The molecule has 1 aromatic heterocycles. The third-order valence-electron chi connectivity index (χ3n) is 4.22. The molecule has 0 bridgehead atoms. The van der Waals surface area contributed by atoms with E-state index in [-0.39, 0.29) is 0 Å². The van der Waals surface area contributed by atoms with Crippen LogP contribution in [0.25, 0.3) is 32.9 Å². The van der Waals surface area contributed by atoms with Crippen molar-refractivity contribution >= 4 is 21.5 Å². The molecule has 0 aliphatic carbocycles. The number of rotatable bonds is 2. The molecule has 0 saturated carbocycles. The molecule has 0 unspecified atom stereocenters. The molecule has 3 aromatic carbocycles. The summed E-state index contributed by atoms with van der Waals surface area (Å²) < 4.78 is 11.3. The van der Waals surface area contributed by atoms with Crippen molar-refractivity contribution in [3.8, 4) is 17.1 Å². The van der Waals surface area contributed by atoms with Gasteiger partial charge in [-0.2, -0.15) is 0 Å². The van der Waals surface area contributed by atoms with Crippen LogP contribution in [0.1, 0.15) is 5.76 Å². The number of ether oxygens (including phenoxy) is 1. The van der Waals surface area contributed by atoms with E-state index in [2.05, 4.69) is 42.5 Å². The maximum Gasteiger partial charge on any atom is 0.360 e. The van der Waals surface area contributed by atoms with E-state index in [4.69, 9.17) is 9.15 Å². The van der Waals surface area contributed by atoms with E-state index in [1.54, 1.807) is 7.11 Å². The monoisotopic (exact) mass is 301 g/mol. The van der Waals surface area contributed by atoms with Crippen LogP contribution in [-0.4, -0.2) is 7.11 Å². The average Bonchev–Trinajstić information content (AvgIpc) is 2.60. The van der Waals surface area contributed by atoms with Crippen molar-refractivity contribution in [3.05, 3.63) is 72.5 Å². The highest BCUT2D eigenvalue weighted by molar-refractivity contribution is 5.99. The number of hydrogen-bond acceptors (Lipinski definition) is 1. The first-order valence-electron chi connectivity index (χ1n) is 7.65. The Morgan fingerprint density at radius 2 is 1.48 bits per heavy atom. The highest BCUT2D eigenvalue weighted by Crippen LogP contribution is 2.31. The van der Waals surface area contributed by atoms with Crippen molar-refractivity contribution < 1.29 is 9.15 Å². The molecule has 0 atom stereocenters. The largest absolute Gasteiger partial charge is 0.497 e. The average molecular weight is 301 g/mol. The van der Waals surface area contributed by atoms with Crippen LogP contribution in [0.3, 0.4) is 0 Å². The third-order valence-corrected chi connectivity index (χ3v) is 4.22. The highest BCUT2D eigenvalue weighted by atomic mass is 16.5. The van der Waals surface area contributed by atoms with E-state index in [0.717, 1.165) is 28.2 Å². The first kappa shape index (κ1) is 13.8. The fourth-order valence-electron chi connectivity index (χ4n) is 2.97. The summed E-state index contributed by atoms with van der Waals surface area (Å²) in [4.78, 5) is 0. The van der Waals surface area contributed by atoms with E-state index in [0.29, 0.717) is 0 Å². The van der Waals surface area contributed by atoms with Gasteiger partial charge in [-0.25, -0.2) is 4.42 Å². The lowest BCUT2D eigenvalue weighted by Gasteiger charge is -2.02. The summed E-state index contributed by atoms with van der Waals surface area (Å²) in [7, 11) is 1.67. The summed E-state index contributed by atoms with van der Waals surface area (Å²) in [5.41, 5.74) is 1.05. The maximum absolute atomic E-state index is 6.06. The van der Waals surface area contributed by atoms with E-state index in [9.17, 15) is 0 Å². The second-order valence-corrected chi connectivity index (χ2v) is 5.68. The third kappa shape index (κ3) is 2.42. The maximum atomic E-state index is 6.06. The molecular formula is C21H17O2+. The number of benzene rings is 3. The molecule has 0 aliphatic heterocycles. The quantitative estimate of drug-likeness (QED) is 0.342. The van der Waals surface area contributed by atoms with Gasteiger partial charge in [0.25, 0.3) is 0 Å². The summed E-state index contributed by atoms with van der Waals surface area (Å²) in [5.74, 6) is 2.64. The predicted octanol–water partition coefficient (Wildman–Crippen LogP) is 5.85. The van der Waals surface area contributed by atoms with Crippen LogP contribution in [-0.2, 0) is 0 Å². The SMILES string of the molecule is COc1ccc(-c2cc3cc4ccccc4cc3c(C)[o+]2)cc1. The van der Waals surface area contributed by atoms with Crippen molar-refractivity contribution in [2.45, 2.75) is 6.92 Å². The summed E-state index contributed by atoms with van der Waals surface area (Å²) in [6, 6.07) is 22.9. The van der Waals surface area contributed by atoms with Crippen molar-refractivity contribution in [1.29, 1.82) is 0 Å². The minimum atomic E-state index is 0.845. The van der Waals surface area contributed by atoms with E-state index < -0.39 is 0 Å². The van der Waals surface area contributed by atoms with Crippen LogP contribution < -0.4 is 4.74 Å². The van der Waals surface area contributed by atoms with Crippen LogP contribution >= 0.6 is 0 Å². The molecule has 4 aromatic rings. The molecule has 0 radical (unpaired) electrons. The normalized spacial score (nSPS) is 11.0. The van der Waals surface area contributed by atoms with Gasteiger partial charge >= 0.3 is 11.5 Å². The fraction of sp³-hybridized carbons (Fsp3) is 0.0952. The highest BCUT2D eigenvalue weighted by Gasteiger charge is 2.17. The molecule has 1 heterocycles. The van der Waals surface area contributed by atoms with E-state index in [1.807, 2.05) is 31.2 Å². The molecule has 0 aliphatic rings. The Morgan fingerprint density at radius 1 is 0.783 bits per heavy atom. The fourth-order valence-corrected chi connectivity index (χ4v) is 2.97. The van der Waals surface area contributed by atoms with Gasteiger partial charge in [-0.3, -0.25) is 0 Å². The Bertz CT molecular complexity index is 1000. The summed E-state index contributed by atoms with van der Waals surface area (Å²) in [6.45, 7) is 2.02. The zero-order chi connectivity index (χ0) is 15.8. The summed E-state index contributed by atoms with van der Waals surface area (Å²) >= 11 is 0. The number of methoxy groups -OCH3 is 1. The molecule has 2 heteroatoms. The standard InChI is InChI=1S/C21H17O2/c1-14-20-12-17-6-4-3-5-16(17)11-18(20)13-21(23-14)15-7-9-19(22-2)10-8-15/h3-13H,1-2H3/q+1. The lowest BCUT2D eigenvalue weighted by Crippen LogP contribution is -1.86. The zero-order valence-corrected chi connectivity index (χ0v) is 13.2. The minimum Gasteiger partial charge on any atom is -0.497 e. The van der Waals surface area contributed by atoms with E-state index in [1.165, 1.54) is 16.2 Å². The van der Waals surface area contributed by atoms with Gasteiger partial charge in [0.05, 0.1) is 31.0 Å². The van der Waals surface area contributed by atoms with E-state index >= 15 is 0 Å². The number of fused-ring (bicyclic) bond motifs is 2. The molecule has 0 amide bonds. The molecule has 4 rings (SSSR count). The molecule has 0 fully saturated rings. The van der Waals surface area contributed by atoms with Crippen molar-refractivity contribution in [1.82, 2.24) is 0 Å². The summed E-state index contributed by atoms with van der Waals surface area (Å²) in [5, 5.41) is 4.82. The van der Waals surface area contributed by atoms with Gasteiger partial charge in [0.2, 0.25) is 0 Å². The lowest BCUT2D eigenvalue weighted by atomic mass is 10.0. The van der Waals surface area contributed by atoms with Gasteiger partial charge < -0.3 is 4.74 Å². The van der Waals surface area contributed by atoms with Crippen LogP contribution in [0, 0.1) is 6.92 Å². The molecule has 112 valence electrons. The summed E-state index contributed by atoms with van der Waals surface area (Å²) in [6.07, 6.45) is 0. The Balaban J connectivity index is 1.92. The number of aryl methyl sites for hydroxylation is 1. The molecule has 0 N–H and O–H groups in total. The van der Waals surface area contributed by atoms with Crippen LogP contribution in [0.15, 0.2) is 71.1 Å². The Morgan fingerprint density at radius 3 is 2.17 bits per heavy atom.